The monoisotopic (exact) mass is 820 g/mol. The average molecular weight is 821 g/mol. The number of H-pyrrole nitrogens is 2. The first-order valence-corrected chi connectivity index (χ1v) is 22.0. The van der Waals surface area contributed by atoms with Gasteiger partial charge in [0.05, 0.1) is 57.9 Å². The number of aromatic amines is 2. The number of imidazole rings is 2. The molecule has 2 saturated carbocycles. The number of hydrogen-bond donors (Lipinski definition) is 6. The molecule has 12 nitrogen and oxygen atoms in total. The summed E-state index contributed by atoms with van der Waals surface area (Å²) in [5.74, 6) is 1.18. The Balaban J connectivity index is 0.942. The van der Waals surface area contributed by atoms with Crippen LogP contribution in [0.5, 0.6) is 0 Å². The highest BCUT2D eigenvalue weighted by Gasteiger charge is 2.61. The number of aromatic nitrogens is 4. The number of aliphatic hydroxyl groups is 2. The SMILES string of the molecule is CC(C)(C)C(NC(=O)C1(C2(O)CCOCC2)CCC1)c1ncc(-c2ccc(-c3ccc(-c4cnc([C@@H](NC(=O)C5(C6(O)CCOCC6)CCC5)C(C)(C)C)[nH]4)cc3)cc2)[nH]1. The molecule has 2 amide bonds. The number of nitrogens with one attached hydrogen (secondary N) is 4. The molecule has 0 radical (unpaired) electrons. The maximum absolute atomic E-state index is 14.0. The van der Waals surface area contributed by atoms with Crippen LogP contribution in [0.1, 0.15) is 129 Å². The Bertz CT molecular complexity index is 1990. The van der Waals surface area contributed by atoms with Crippen molar-refractivity contribution in [1.82, 2.24) is 30.6 Å². The fourth-order valence-electron chi connectivity index (χ4n) is 10.1. The van der Waals surface area contributed by atoms with Crippen LogP contribution in [-0.2, 0) is 19.1 Å². The molecule has 1 unspecified atom stereocenters. The van der Waals surface area contributed by atoms with Gasteiger partial charge in [-0.05, 0) is 58.8 Å². The molecule has 4 heterocycles. The van der Waals surface area contributed by atoms with Crippen molar-refractivity contribution in [2.45, 2.75) is 129 Å². The Labute approximate surface area is 354 Å². The van der Waals surface area contributed by atoms with Crippen LogP contribution >= 0.6 is 0 Å². The molecule has 8 rings (SSSR count). The fourth-order valence-corrected chi connectivity index (χ4v) is 10.1. The van der Waals surface area contributed by atoms with Crippen molar-refractivity contribution in [2.75, 3.05) is 26.4 Å². The largest absolute Gasteiger partial charge is 0.389 e. The first kappa shape index (κ1) is 42.3. The van der Waals surface area contributed by atoms with Crippen molar-refractivity contribution in [3.63, 3.8) is 0 Å². The number of benzene rings is 2. The van der Waals surface area contributed by atoms with Gasteiger partial charge in [0, 0.05) is 52.1 Å². The number of amides is 2. The molecule has 2 aliphatic heterocycles. The van der Waals surface area contributed by atoms with Gasteiger partial charge >= 0.3 is 0 Å². The van der Waals surface area contributed by atoms with Crippen LogP contribution in [0.25, 0.3) is 33.6 Å². The third-order valence-corrected chi connectivity index (χ3v) is 14.5. The van der Waals surface area contributed by atoms with Crippen LogP contribution in [0.4, 0.5) is 0 Å². The summed E-state index contributed by atoms with van der Waals surface area (Å²) in [6.45, 7) is 14.4. The number of rotatable bonds is 11. The zero-order valence-corrected chi connectivity index (χ0v) is 36.2. The Hall–Kier alpha value is -4.36. The van der Waals surface area contributed by atoms with Gasteiger partial charge in [-0.3, -0.25) is 9.59 Å². The zero-order chi connectivity index (χ0) is 42.6. The Morgan fingerprint density at radius 3 is 1.17 bits per heavy atom. The summed E-state index contributed by atoms with van der Waals surface area (Å²) in [6.07, 6.45) is 10.1. The first-order chi connectivity index (χ1) is 28.5. The van der Waals surface area contributed by atoms with Crippen molar-refractivity contribution in [1.29, 1.82) is 0 Å². The van der Waals surface area contributed by atoms with E-state index in [9.17, 15) is 19.8 Å². The Morgan fingerprint density at radius 2 is 0.883 bits per heavy atom. The van der Waals surface area contributed by atoms with Crippen LogP contribution in [0.2, 0.25) is 0 Å². The number of carbonyl (C=O) groups is 2. The van der Waals surface area contributed by atoms with Crippen LogP contribution in [0.15, 0.2) is 60.9 Å². The lowest BCUT2D eigenvalue weighted by molar-refractivity contribution is -0.188. The second kappa shape index (κ2) is 15.8. The summed E-state index contributed by atoms with van der Waals surface area (Å²) in [4.78, 5) is 44.6. The van der Waals surface area contributed by atoms with Gasteiger partial charge in [0.15, 0.2) is 0 Å². The van der Waals surface area contributed by atoms with Crippen LogP contribution in [0.3, 0.4) is 0 Å². The second-order valence-corrected chi connectivity index (χ2v) is 20.2. The van der Waals surface area contributed by atoms with Crippen LogP contribution in [-0.4, -0.2) is 79.6 Å². The van der Waals surface area contributed by atoms with E-state index in [1.165, 1.54) is 0 Å². The van der Waals surface area contributed by atoms with E-state index in [-0.39, 0.29) is 34.7 Å². The van der Waals surface area contributed by atoms with Gasteiger partial charge in [0.1, 0.15) is 11.6 Å². The van der Waals surface area contributed by atoms with Gasteiger partial charge in [0.25, 0.3) is 0 Å². The van der Waals surface area contributed by atoms with Crippen molar-refractivity contribution in [3.05, 3.63) is 72.6 Å². The lowest BCUT2D eigenvalue weighted by Crippen LogP contribution is -2.63. The van der Waals surface area contributed by atoms with Crippen molar-refractivity contribution >= 4 is 11.8 Å². The molecule has 2 saturated heterocycles. The van der Waals surface area contributed by atoms with Crippen LogP contribution < -0.4 is 10.6 Å². The quantitative estimate of drug-likeness (QED) is 0.0884. The van der Waals surface area contributed by atoms with E-state index < -0.39 is 22.0 Å². The molecule has 2 aliphatic carbocycles. The average Bonchev–Trinajstić information content (AvgIpc) is 3.86. The molecule has 4 fully saturated rings. The van der Waals surface area contributed by atoms with Gasteiger partial charge in [0.2, 0.25) is 11.8 Å². The molecule has 6 N–H and O–H groups in total. The predicted octanol–water partition coefficient (Wildman–Crippen LogP) is 7.96. The summed E-state index contributed by atoms with van der Waals surface area (Å²) >= 11 is 0. The molecule has 322 valence electrons. The molecule has 0 spiro atoms. The first-order valence-electron chi connectivity index (χ1n) is 22.0. The minimum absolute atomic E-state index is 0.0957. The van der Waals surface area contributed by atoms with Crippen LogP contribution in [0, 0.1) is 21.7 Å². The highest BCUT2D eigenvalue weighted by Crippen LogP contribution is 2.55. The van der Waals surface area contributed by atoms with E-state index in [4.69, 9.17) is 19.4 Å². The molecule has 4 aromatic rings. The maximum atomic E-state index is 14.0. The summed E-state index contributed by atoms with van der Waals surface area (Å²) in [5, 5.41) is 30.0. The third kappa shape index (κ3) is 7.62. The highest BCUT2D eigenvalue weighted by atomic mass is 16.5. The van der Waals surface area contributed by atoms with Gasteiger partial charge in [-0.1, -0.05) is 103 Å². The van der Waals surface area contributed by atoms with Crippen molar-refractivity contribution < 1.29 is 29.3 Å². The van der Waals surface area contributed by atoms with Gasteiger partial charge in [-0.2, -0.15) is 0 Å². The molecule has 2 aromatic carbocycles. The summed E-state index contributed by atoms with van der Waals surface area (Å²) in [5.41, 5.74) is 1.45. The van der Waals surface area contributed by atoms with E-state index in [0.29, 0.717) is 89.4 Å². The topological polar surface area (TPSA) is 174 Å². The Kier molecular flexibility index (Phi) is 11.2. The van der Waals surface area contributed by atoms with E-state index in [1.54, 1.807) is 0 Å². The number of hydrogen-bond acceptors (Lipinski definition) is 8. The third-order valence-electron chi connectivity index (χ3n) is 14.5. The Morgan fingerprint density at radius 1 is 0.567 bits per heavy atom. The van der Waals surface area contributed by atoms with Gasteiger partial charge < -0.3 is 40.3 Å². The molecule has 12 heteroatoms. The summed E-state index contributed by atoms with van der Waals surface area (Å²) in [6, 6.07) is 15.9. The normalized spacial score (nSPS) is 21.8. The van der Waals surface area contributed by atoms with Crippen molar-refractivity contribution in [3.8, 4) is 33.6 Å². The molecule has 60 heavy (non-hydrogen) atoms. The summed E-state index contributed by atoms with van der Waals surface area (Å²) < 4.78 is 11.1. The minimum atomic E-state index is -1.05. The molecular formula is C48H64N6O6. The molecular weight excluding hydrogens is 757 g/mol. The van der Waals surface area contributed by atoms with Gasteiger partial charge in [-0.25, -0.2) is 9.97 Å². The maximum Gasteiger partial charge on any atom is 0.229 e. The van der Waals surface area contributed by atoms with E-state index in [0.717, 1.165) is 46.5 Å². The zero-order valence-electron chi connectivity index (χ0n) is 36.2. The molecule has 0 bridgehead atoms. The minimum Gasteiger partial charge on any atom is -0.389 e. The second-order valence-electron chi connectivity index (χ2n) is 20.2. The molecule has 4 aliphatic rings. The number of ether oxygens (including phenoxy) is 2. The fraction of sp³-hybridized carbons (Fsp3) is 0.583. The predicted molar refractivity (Wildman–Crippen MR) is 230 cm³/mol. The van der Waals surface area contributed by atoms with E-state index in [1.807, 2.05) is 12.4 Å². The van der Waals surface area contributed by atoms with Crippen molar-refractivity contribution in [2.24, 2.45) is 21.7 Å². The smallest absolute Gasteiger partial charge is 0.229 e. The standard InChI is InChI=1S/C48H64N6O6/c1-43(2,3)37(53-41(55)45(17-7-18-45)47(57)21-25-59-26-22-47)39-49-29-35(51-39)33-13-9-31(10-14-33)32-11-15-34(16-12-32)36-30-50-40(52-36)38(44(4,5)6)54-42(56)46(19-8-20-46)48(58)23-27-60-28-24-48/h9-16,29-30,37-38,57-58H,7-8,17-28H2,1-6H3,(H,49,51)(H,50,52)(H,53,55)(H,54,56)/t37-,38?/m1/s1. The van der Waals surface area contributed by atoms with Gasteiger partial charge in [-0.15, -0.1) is 0 Å². The highest BCUT2D eigenvalue weighted by molar-refractivity contribution is 5.86. The number of carbonyl (C=O) groups excluding carboxylic acids is 2. The lowest BCUT2D eigenvalue weighted by atomic mass is 9.55. The lowest BCUT2D eigenvalue weighted by Gasteiger charge is -2.53. The summed E-state index contributed by atoms with van der Waals surface area (Å²) in [7, 11) is 0. The molecule has 2 aromatic heterocycles. The van der Waals surface area contributed by atoms with E-state index >= 15 is 0 Å². The number of nitrogens with zero attached hydrogens (tertiary/aromatic N) is 2. The van der Waals surface area contributed by atoms with E-state index in [2.05, 4.69) is 111 Å². The molecule has 2 atom stereocenters.